The summed E-state index contributed by atoms with van der Waals surface area (Å²) in [6.45, 7) is 4.04. The van der Waals surface area contributed by atoms with Crippen molar-refractivity contribution in [1.82, 2.24) is 29.6 Å². The van der Waals surface area contributed by atoms with Crippen LogP contribution in [0.25, 0.3) is 10.2 Å². The van der Waals surface area contributed by atoms with Gasteiger partial charge in [0.1, 0.15) is 10.6 Å². The first-order valence-electron chi connectivity index (χ1n) is 14.3. The number of hydrogen-bond donors (Lipinski definition) is 0. The molecule has 2 fully saturated rings. The lowest BCUT2D eigenvalue weighted by molar-refractivity contribution is -0.147. The van der Waals surface area contributed by atoms with E-state index in [2.05, 4.69) is 28.1 Å². The summed E-state index contributed by atoms with van der Waals surface area (Å²) < 4.78 is 41.3. The standard InChI is InChI=1S/C27H35F3N8OS/c1-3-7-19-14-20-22(36-12-13-38-21(16-36)33-34-25(38)27(28,29)30)31-26(32-23(20)40-19)37-11-10-17(15-37)24(39)35(2)18-8-5-4-6-9-18/h14,17-18H,3-13,15-16H2,1-2H3. The molecular formula is C27H35F3N8OS. The number of carbonyl (C=O) groups excluding carboxylic acids is 1. The minimum absolute atomic E-state index is 0.0945. The number of amides is 1. The second-order valence-electron chi connectivity index (χ2n) is 11.2. The quantitative estimate of drug-likeness (QED) is 0.413. The molecular weight excluding hydrogens is 541 g/mol. The van der Waals surface area contributed by atoms with Crippen LogP contribution in [0.5, 0.6) is 0 Å². The zero-order valence-electron chi connectivity index (χ0n) is 23.0. The molecule has 1 atom stereocenters. The van der Waals surface area contributed by atoms with E-state index in [9.17, 15) is 18.0 Å². The highest BCUT2D eigenvalue weighted by atomic mass is 32.1. The lowest BCUT2D eigenvalue weighted by atomic mass is 9.93. The number of nitrogens with zero attached hydrogens (tertiary/aromatic N) is 8. The van der Waals surface area contributed by atoms with Gasteiger partial charge in [-0.3, -0.25) is 4.79 Å². The maximum absolute atomic E-state index is 13.4. The number of halogens is 3. The molecule has 0 spiro atoms. The molecule has 5 heterocycles. The lowest BCUT2D eigenvalue weighted by Gasteiger charge is -2.33. The van der Waals surface area contributed by atoms with Crippen molar-refractivity contribution in [3.63, 3.8) is 0 Å². The van der Waals surface area contributed by atoms with Crippen LogP contribution >= 0.6 is 11.3 Å². The van der Waals surface area contributed by atoms with Gasteiger partial charge in [-0.2, -0.15) is 18.2 Å². The number of thiophene rings is 1. The zero-order chi connectivity index (χ0) is 28.0. The molecule has 3 aromatic heterocycles. The summed E-state index contributed by atoms with van der Waals surface area (Å²) in [4.78, 5) is 31.4. The van der Waals surface area contributed by atoms with Gasteiger partial charge in [-0.05, 0) is 31.7 Å². The summed E-state index contributed by atoms with van der Waals surface area (Å²) in [5, 5.41) is 8.19. The summed E-state index contributed by atoms with van der Waals surface area (Å²) in [7, 11) is 1.95. The number of rotatable bonds is 6. The van der Waals surface area contributed by atoms with Crippen molar-refractivity contribution in [2.24, 2.45) is 5.92 Å². The second kappa shape index (κ2) is 10.8. The van der Waals surface area contributed by atoms with Gasteiger partial charge in [0.15, 0.2) is 5.82 Å². The van der Waals surface area contributed by atoms with Gasteiger partial charge < -0.3 is 19.3 Å². The Kier molecular flexibility index (Phi) is 7.34. The molecule has 2 aliphatic heterocycles. The van der Waals surface area contributed by atoms with Crippen molar-refractivity contribution < 1.29 is 18.0 Å². The first kappa shape index (κ1) is 27.2. The van der Waals surface area contributed by atoms with Crippen LogP contribution in [0, 0.1) is 5.92 Å². The maximum Gasteiger partial charge on any atom is 0.451 e. The van der Waals surface area contributed by atoms with E-state index in [4.69, 9.17) is 9.97 Å². The van der Waals surface area contributed by atoms with Crippen LogP contribution in [0.3, 0.4) is 0 Å². The summed E-state index contributed by atoms with van der Waals surface area (Å²) in [5.74, 6) is 0.702. The van der Waals surface area contributed by atoms with E-state index in [1.807, 2.05) is 16.8 Å². The van der Waals surface area contributed by atoms with E-state index in [1.54, 1.807) is 11.3 Å². The van der Waals surface area contributed by atoms with Crippen LogP contribution in [-0.2, 0) is 30.5 Å². The summed E-state index contributed by atoms with van der Waals surface area (Å²) >= 11 is 1.64. The smallest absolute Gasteiger partial charge is 0.347 e. The first-order valence-corrected chi connectivity index (χ1v) is 15.1. The molecule has 6 rings (SSSR count). The van der Waals surface area contributed by atoms with Crippen molar-refractivity contribution in [2.45, 2.75) is 83.6 Å². The molecule has 1 amide bonds. The molecule has 1 aliphatic carbocycles. The fraction of sp³-hybridized carbons (Fsp3) is 0.667. The minimum Gasteiger partial charge on any atom is -0.347 e. The Morgan fingerprint density at radius 1 is 1.07 bits per heavy atom. The monoisotopic (exact) mass is 576 g/mol. The molecule has 3 aliphatic rings. The number of carbonyl (C=O) groups is 1. The Morgan fingerprint density at radius 3 is 2.62 bits per heavy atom. The summed E-state index contributed by atoms with van der Waals surface area (Å²) in [6, 6.07) is 2.44. The van der Waals surface area contributed by atoms with Crippen LogP contribution in [-0.4, -0.2) is 68.3 Å². The molecule has 9 nitrogen and oxygen atoms in total. The van der Waals surface area contributed by atoms with E-state index in [0.717, 1.165) is 46.9 Å². The number of aryl methyl sites for hydroxylation is 1. The van der Waals surface area contributed by atoms with Crippen LogP contribution in [0.2, 0.25) is 0 Å². The Balaban J connectivity index is 1.27. The van der Waals surface area contributed by atoms with Crippen LogP contribution in [0.1, 0.15) is 68.4 Å². The van der Waals surface area contributed by atoms with E-state index in [0.29, 0.717) is 37.4 Å². The van der Waals surface area contributed by atoms with E-state index in [-0.39, 0.29) is 30.7 Å². The molecule has 1 unspecified atom stereocenters. The fourth-order valence-corrected chi connectivity index (χ4v) is 7.44. The highest BCUT2D eigenvalue weighted by molar-refractivity contribution is 7.18. The number of alkyl halides is 3. The number of fused-ring (bicyclic) bond motifs is 2. The first-order chi connectivity index (χ1) is 19.2. The average molecular weight is 577 g/mol. The topological polar surface area (TPSA) is 83.3 Å². The number of anilines is 2. The normalized spacial score (nSPS) is 20.4. The third kappa shape index (κ3) is 5.12. The van der Waals surface area contributed by atoms with E-state index in [1.165, 1.54) is 24.1 Å². The average Bonchev–Trinajstić information content (AvgIpc) is 3.69. The van der Waals surface area contributed by atoms with Gasteiger partial charge in [-0.25, -0.2) is 4.98 Å². The van der Waals surface area contributed by atoms with Crippen molar-refractivity contribution in [3.05, 3.63) is 22.6 Å². The molecule has 0 bridgehead atoms. The molecule has 1 saturated heterocycles. The van der Waals surface area contributed by atoms with Gasteiger partial charge >= 0.3 is 6.18 Å². The van der Waals surface area contributed by atoms with Gasteiger partial charge in [0.05, 0.1) is 17.8 Å². The van der Waals surface area contributed by atoms with Crippen molar-refractivity contribution in [2.75, 3.05) is 36.5 Å². The molecule has 0 N–H and O–H groups in total. The molecule has 216 valence electrons. The lowest BCUT2D eigenvalue weighted by Crippen LogP contribution is -2.42. The zero-order valence-corrected chi connectivity index (χ0v) is 23.8. The van der Waals surface area contributed by atoms with Gasteiger partial charge in [0, 0.05) is 44.1 Å². The SMILES string of the molecule is CCCc1cc2c(N3CCn4c(nnc4C(F)(F)F)C3)nc(N3CCC(C(=O)N(C)C4CCCCC4)C3)nc2s1. The Morgan fingerprint density at radius 2 is 1.88 bits per heavy atom. The van der Waals surface area contributed by atoms with Gasteiger partial charge in [0.2, 0.25) is 17.7 Å². The molecule has 1 saturated carbocycles. The number of hydrogen-bond acceptors (Lipinski definition) is 8. The predicted octanol–water partition coefficient (Wildman–Crippen LogP) is 4.89. The molecule has 3 aromatic rings. The Bertz CT molecular complexity index is 1380. The minimum atomic E-state index is -4.54. The summed E-state index contributed by atoms with van der Waals surface area (Å²) in [5.41, 5.74) is 0. The molecule has 0 radical (unpaired) electrons. The van der Waals surface area contributed by atoms with Crippen molar-refractivity contribution >= 4 is 39.2 Å². The highest BCUT2D eigenvalue weighted by Crippen LogP contribution is 2.37. The van der Waals surface area contributed by atoms with E-state index < -0.39 is 12.0 Å². The molecule has 40 heavy (non-hydrogen) atoms. The second-order valence-corrected chi connectivity index (χ2v) is 12.3. The van der Waals surface area contributed by atoms with Gasteiger partial charge in [-0.15, -0.1) is 21.5 Å². The Hall–Kier alpha value is -2.96. The predicted molar refractivity (Wildman–Crippen MR) is 147 cm³/mol. The van der Waals surface area contributed by atoms with Crippen molar-refractivity contribution in [3.8, 4) is 0 Å². The van der Waals surface area contributed by atoms with Crippen molar-refractivity contribution in [1.29, 1.82) is 0 Å². The highest BCUT2D eigenvalue weighted by Gasteiger charge is 2.40. The van der Waals surface area contributed by atoms with Crippen LogP contribution in [0.15, 0.2) is 6.07 Å². The van der Waals surface area contributed by atoms with Crippen LogP contribution in [0.4, 0.5) is 24.9 Å². The third-order valence-electron chi connectivity index (χ3n) is 8.50. The van der Waals surface area contributed by atoms with Crippen LogP contribution < -0.4 is 9.80 Å². The Labute approximate surface area is 235 Å². The largest absolute Gasteiger partial charge is 0.451 e. The van der Waals surface area contributed by atoms with E-state index >= 15 is 0 Å². The van der Waals surface area contributed by atoms with Gasteiger partial charge in [0.25, 0.3) is 0 Å². The fourth-order valence-electron chi connectivity index (χ4n) is 6.33. The third-order valence-corrected chi connectivity index (χ3v) is 9.59. The molecule has 0 aromatic carbocycles. The number of aromatic nitrogens is 5. The maximum atomic E-state index is 13.4. The summed E-state index contributed by atoms with van der Waals surface area (Å²) in [6.07, 6.45) is 3.90. The molecule has 13 heteroatoms. The van der Waals surface area contributed by atoms with Gasteiger partial charge in [-0.1, -0.05) is 32.6 Å².